The van der Waals surface area contributed by atoms with Gasteiger partial charge in [-0.15, -0.1) is 0 Å². The molecule has 0 N–H and O–H groups in total. The average molecular weight is 723 g/mol. The summed E-state index contributed by atoms with van der Waals surface area (Å²) in [4.78, 5) is 14.7. The molecule has 8 aromatic carbocycles. The van der Waals surface area contributed by atoms with Crippen molar-refractivity contribution in [1.29, 1.82) is 0 Å². The van der Waals surface area contributed by atoms with E-state index < -0.39 is 0 Å². The summed E-state index contributed by atoms with van der Waals surface area (Å²) in [5.41, 5.74) is 7.09. The van der Waals surface area contributed by atoms with Gasteiger partial charge in [-0.1, -0.05) is 158 Å². The molecule has 0 radical (unpaired) electrons. The van der Waals surface area contributed by atoms with Crippen LogP contribution in [0.3, 0.4) is 0 Å². The lowest BCUT2D eigenvalue weighted by Crippen LogP contribution is -2.00. The Morgan fingerprint density at radius 1 is 0.411 bits per heavy atom. The molecule has 0 spiro atoms. The molecule has 0 amide bonds. The van der Waals surface area contributed by atoms with Crippen LogP contribution in [0.5, 0.6) is 0 Å². The van der Waals surface area contributed by atoms with Gasteiger partial charge in [0.1, 0.15) is 5.58 Å². The predicted octanol–water partition coefficient (Wildman–Crippen LogP) is 13.2. The Hall–Kier alpha value is -7.63. The van der Waals surface area contributed by atoms with Crippen LogP contribution in [0, 0.1) is 0 Å². The highest BCUT2D eigenvalue weighted by atomic mass is 16.3. The molecule has 0 saturated heterocycles. The van der Waals surface area contributed by atoms with E-state index in [0.29, 0.717) is 22.8 Å². The normalized spacial score (nSPS) is 13.1. The van der Waals surface area contributed by atoms with Crippen LogP contribution in [0.4, 0.5) is 0 Å². The maximum absolute atomic E-state index is 9.69. The second kappa shape index (κ2) is 13.0. The van der Waals surface area contributed by atoms with E-state index in [1.54, 1.807) is 0 Å². The molecule has 11 rings (SSSR count). The van der Waals surface area contributed by atoms with E-state index in [1.165, 1.54) is 0 Å². The molecule has 0 aliphatic heterocycles. The van der Waals surface area contributed by atoms with Crippen LogP contribution in [0.1, 0.15) is 8.22 Å². The van der Waals surface area contributed by atoms with Crippen molar-refractivity contribution in [3.63, 3.8) is 0 Å². The topological polar surface area (TPSA) is 56.7 Å². The van der Waals surface area contributed by atoms with Gasteiger partial charge in [0.15, 0.2) is 23.1 Å². The third-order valence-electron chi connectivity index (χ3n) is 10.2. The monoisotopic (exact) mass is 722 g/mol. The van der Waals surface area contributed by atoms with Crippen LogP contribution in [-0.2, 0) is 0 Å². The van der Waals surface area contributed by atoms with Crippen molar-refractivity contribution in [3.05, 3.63) is 194 Å². The number of para-hydroxylation sites is 3. The lowest BCUT2D eigenvalue weighted by Gasteiger charge is -2.10. The Morgan fingerprint density at radius 3 is 1.64 bits per heavy atom. The van der Waals surface area contributed by atoms with Crippen molar-refractivity contribution in [1.82, 2.24) is 19.5 Å². The summed E-state index contributed by atoms with van der Waals surface area (Å²) >= 11 is 0. The standard InChI is InChI=1S/C51H32N4O/c1-3-13-33(14-4-1)35-25-27-36(28-26-35)49-52-50(38-18-11-17-37(31-38)34-15-5-2-6-16-34)54-51(53-49)39-29-30-42-43-21-12-24-46(48(43)56-47(42)32-39)55-44-22-9-7-19-40(44)41-20-8-10-23-45(41)55/h1-32H/i12D,21D,24D,29D,30D,32D. The number of hydrogen-bond acceptors (Lipinski definition) is 4. The largest absolute Gasteiger partial charge is 0.454 e. The fourth-order valence-electron chi connectivity index (χ4n) is 7.49. The van der Waals surface area contributed by atoms with Gasteiger partial charge < -0.3 is 8.98 Å². The van der Waals surface area contributed by atoms with E-state index in [2.05, 4.69) is 0 Å². The van der Waals surface area contributed by atoms with Gasteiger partial charge in [0.05, 0.1) is 24.9 Å². The molecule has 5 nitrogen and oxygen atoms in total. The van der Waals surface area contributed by atoms with E-state index in [9.17, 15) is 5.48 Å². The summed E-state index contributed by atoms with van der Waals surface area (Å²) in [6.07, 6.45) is 0. The van der Waals surface area contributed by atoms with Gasteiger partial charge in [0.25, 0.3) is 0 Å². The van der Waals surface area contributed by atoms with Gasteiger partial charge in [-0.2, -0.15) is 0 Å². The first-order chi connectivity index (χ1) is 30.3. The average Bonchev–Trinajstić information content (AvgIpc) is 3.88. The van der Waals surface area contributed by atoms with Gasteiger partial charge in [0.2, 0.25) is 0 Å². The predicted molar refractivity (Wildman–Crippen MR) is 229 cm³/mol. The molecule has 5 heteroatoms. The van der Waals surface area contributed by atoms with E-state index >= 15 is 0 Å². The molecular formula is C51H32N4O. The first kappa shape index (κ1) is 26.2. The smallest absolute Gasteiger partial charge is 0.164 e. The molecule has 3 heterocycles. The summed E-state index contributed by atoms with van der Waals surface area (Å²) in [7, 11) is 0. The van der Waals surface area contributed by atoms with Crippen LogP contribution >= 0.6 is 0 Å². The Labute approximate surface area is 331 Å². The van der Waals surface area contributed by atoms with Crippen molar-refractivity contribution in [2.45, 2.75) is 0 Å². The molecule has 0 saturated carbocycles. The highest BCUT2D eigenvalue weighted by molar-refractivity contribution is 6.13. The molecule has 0 aliphatic carbocycles. The van der Waals surface area contributed by atoms with E-state index in [4.69, 9.17) is 22.1 Å². The zero-order valence-electron chi connectivity index (χ0n) is 35.7. The van der Waals surface area contributed by atoms with Crippen LogP contribution in [-0.4, -0.2) is 19.5 Å². The lowest BCUT2D eigenvalue weighted by molar-refractivity contribution is 0.666. The molecule has 0 unspecified atom stereocenters. The van der Waals surface area contributed by atoms with E-state index in [0.717, 1.165) is 44.1 Å². The van der Waals surface area contributed by atoms with E-state index in [1.807, 2.05) is 162 Å². The number of aromatic nitrogens is 4. The van der Waals surface area contributed by atoms with Gasteiger partial charge in [0, 0.05) is 38.2 Å². The molecule has 3 aromatic heterocycles. The molecule has 56 heavy (non-hydrogen) atoms. The number of nitrogens with zero attached hydrogens (tertiary/aromatic N) is 4. The summed E-state index contributed by atoms with van der Waals surface area (Å²) in [6.45, 7) is 0. The maximum Gasteiger partial charge on any atom is 0.164 e. The molecule has 0 aliphatic rings. The van der Waals surface area contributed by atoms with Gasteiger partial charge in [-0.25, -0.2) is 15.0 Å². The lowest BCUT2D eigenvalue weighted by atomic mass is 10.0. The Bertz CT molecular complexity index is 3540. The summed E-state index contributed by atoms with van der Waals surface area (Å²) in [6, 6.07) is 49.3. The number of benzene rings is 8. The fourth-order valence-corrected chi connectivity index (χ4v) is 7.49. The molecule has 11 aromatic rings. The van der Waals surface area contributed by atoms with Crippen LogP contribution in [0.15, 0.2) is 198 Å². The van der Waals surface area contributed by atoms with Crippen LogP contribution < -0.4 is 0 Å². The molecule has 262 valence electrons. The number of rotatable bonds is 6. The molecule has 0 bridgehead atoms. The highest BCUT2D eigenvalue weighted by Crippen LogP contribution is 2.39. The summed E-state index contributed by atoms with van der Waals surface area (Å²) in [5.74, 6) is 0.624. The molecular weight excluding hydrogens is 685 g/mol. The SMILES string of the molecule is [2H]c1c([2H])c([2H])c2c(oc3c([2H])c(-c4nc(-c5ccc(-c6ccccc6)cc5)nc(-c5cccc(-c6ccccc6)c5)n4)c([2H])c([2H])c32)c1-n1c2ccccc2c2ccccc21. The zero-order chi connectivity index (χ0) is 42.2. The minimum Gasteiger partial charge on any atom is -0.454 e. The van der Waals surface area contributed by atoms with Crippen molar-refractivity contribution < 1.29 is 12.6 Å². The summed E-state index contributed by atoms with van der Waals surface area (Å²) < 4.78 is 64.4. The van der Waals surface area contributed by atoms with Crippen LogP contribution in [0.25, 0.3) is 106 Å². The maximum atomic E-state index is 9.69. The van der Waals surface area contributed by atoms with Crippen molar-refractivity contribution in [2.75, 3.05) is 0 Å². The number of fused-ring (bicyclic) bond motifs is 6. The minimum absolute atomic E-state index is 0.00388. The second-order valence-corrected chi connectivity index (χ2v) is 13.6. The van der Waals surface area contributed by atoms with E-state index in [-0.39, 0.29) is 75.3 Å². The Morgan fingerprint density at radius 2 is 0.946 bits per heavy atom. The third kappa shape index (κ3) is 5.37. The Kier molecular flexibility index (Phi) is 6.10. The van der Waals surface area contributed by atoms with Crippen molar-refractivity contribution in [3.8, 4) is 62.1 Å². The quantitative estimate of drug-likeness (QED) is 0.171. The third-order valence-corrected chi connectivity index (χ3v) is 10.2. The van der Waals surface area contributed by atoms with Crippen LogP contribution in [0.2, 0.25) is 0 Å². The number of furan rings is 1. The van der Waals surface area contributed by atoms with Crippen molar-refractivity contribution >= 4 is 43.7 Å². The molecule has 0 fully saturated rings. The summed E-state index contributed by atoms with van der Waals surface area (Å²) in [5, 5.41) is 1.99. The van der Waals surface area contributed by atoms with Gasteiger partial charge >= 0.3 is 0 Å². The molecule has 0 atom stereocenters. The zero-order valence-corrected chi connectivity index (χ0v) is 29.7. The van der Waals surface area contributed by atoms with Gasteiger partial charge in [-0.05, 0) is 58.6 Å². The van der Waals surface area contributed by atoms with Crippen molar-refractivity contribution in [2.24, 2.45) is 0 Å². The fraction of sp³-hybridized carbons (Fsp3) is 0. The highest BCUT2D eigenvalue weighted by Gasteiger charge is 2.19. The van der Waals surface area contributed by atoms with Gasteiger partial charge in [-0.3, -0.25) is 0 Å². The first-order valence-electron chi connectivity index (χ1n) is 21.3. The first-order valence-corrected chi connectivity index (χ1v) is 18.3. The second-order valence-electron chi connectivity index (χ2n) is 13.6. The number of hydrogen-bond donors (Lipinski definition) is 0. The Balaban J connectivity index is 1.16. The minimum atomic E-state index is -0.360.